The standard InChI is InChI=1S/C24H18ClFN4O3S/c25-15-9-7-14(8-10-15)18-12-19(20-6-3-11-33-20)30(29-18)24-28-23(32)21(34-24)13-22(31)27-17-5-2-1-4-16(17)26/h1-11,19,21H,12-13H2,(H,27,31)/t19-,21-/m0/s1. The van der Waals surface area contributed by atoms with Gasteiger partial charge in [0.05, 0.1) is 17.7 Å². The Hall–Kier alpha value is -3.43. The first kappa shape index (κ1) is 22.4. The third kappa shape index (κ3) is 4.62. The minimum absolute atomic E-state index is 0.0683. The number of nitrogens with one attached hydrogen (secondary N) is 1. The van der Waals surface area contributed by atoms with E-state index in [2.05, 4.69) is 10.3 Å². The molecule has 0 saturated heterocycles. The number of rotatable bonds is 5. The van der Waals surface area contributed by atoms with Crippen molar-refractivity contribution < 1.29 is 18.4 Å². The van der Waals surface area contributed by atoms with Gasteiger partial charge in [-0.25, -0.2) is 9.40 Å². The first-order valence-electron chi connectivity index (χ1n) is 10.5. The Morgan fingerprint density at radius 1 is 1.18 bits per heavy atom. The van der Waals surface area contributed by atoms with Gasteiger partial charge in [0.1, 0.15) is 22.9 Å². The Labute approximate surface area is 203 Å². The highest BCUT2D eigenvalue weighted by atomic mass is 35.5. The van der Waals surface area contributed by atoms with E-state index in [4.69, 9.17) is 21.1 Å². The minimum atomic E-state index is -0.728. The molecule has 1 aromatic heterocycles. The van der Waals surface area contributed by atoms with Crippen LogP contribution < -0.4 is 5.32 Å². The number of carbonyl (C=O) groups is 2. The third-order valence-corrected chi connectivity index (χ3v) is 6.80. The van der Waals surface area contributed by atoms with Crippen molar-refractivity contribution in [2.75, 3.05) is 5.32 Å². The highest BCUT2D eigenvalue weighted by Gasteiger charge is 2.40. The molecule has 2 aliphatic rings. The van der Waals surface area contributed by atoms with Crippen LogP contribution in [0.1, 0.15) is 30.2 Å². The molecule has 0 unspecified atom stereocenters. The summed E-state index contributed by atoms with van der Waals surface area (Å²) in [5.41, 5.74) is 1.77. The number of amidine groups is 1. The van der Waals surface area contributed by atoms with Gasteiger partial charge in [0.25, 0.3) is 5.91 Å². The van der Waals surface area contributed by atoms with Gasteiger partial charge in [0.2, 0.25) is 5.91 Å². The number of hydrazone groups is 1. The van der Waals surface area contributed by atoms with E-state index in [9.17, 15) is 14.0 Å². The highest BCUT2D eigenvalue weighted by molar-refractivity contribution is 8.15. The number of aliphatic imine (C=N–C) groups is 1. The largest absolute Gasteiger partial charge is 0.467 e. The van der Waals surface area contributed by atoms with Crippen LogP contribution in [0, 0.1) is 5.82 Å². The SMILES string of the molecule is O=C(C[C@@H]1SC(N2N=C(c3ccc(Cl)cc3)C[C@H]2c2ccco2)=NC1=O)Nc1ccccc1F. The fourth-order valence-corrected chi connectivity index (χ4v) is 4.93. The van der Waals surface area contributed by atoms with Gasteiger partial charge < -0.3 is 9.73 Å². The maximum Gasteiger partial charge on any atom is 0.262 e. The summed E-state index contributed by atoms with van der Waals surface area (Å²) in [7, 11) is 0. The van der Waals surface area contributed by atoms with Crippen molar-refractivity contribution in [3.63, 3.8) is 0 Å². The Bertz CT molecular complexity index is 1290. The van der Waals surface area contributed by atoms with Crippen molar-refractivity contribution in [2.24, 2.45) is 10.1 Å². The zero-order valence-corrected chi connectivity index (χ0v) is 19.2. The quantitative estimate of drug-likeness (QED) is 0.521. The van der Waals surface area contributed by atoms with Crippen LogP contribution >= 0.6 is 23.4 Å². The second-order valence-electron chi connectivity index (χ2n) is 7.70. The van der Waals surface area contributed by atoms with Crippen LogP contribution in [0.25, 0.3) is 0 Å². The molecule has 172 valence electrons. The molecule has 2 aromatic carbocycles. The first-order valence-corrected chi connectivity index (χ1v) is 11.7. The molecule has 3 heterocycles. The summed E-state index contributed by atoms with van der Waals surface area (Å²) >= 11 is 7.18. The molecule has 2 amide bonds. The molecule has 5 rings (SSSR count). The fourth-order valence-electron chi connectivity index (χ4n) is 3.74. The van der Waals surface area contributed by atoms with Crippen molar-refractivity contribution in [3.05, 3.63) is 89.1 Å². The summed E-state index contributed by atoms with van der Waals surface area (Å²) in [6, 6.07) is 16.6. The number of furan rings is 1. The topological polar surface area (TPSA) is 87.3 Å². The summed E-state index contributed by atoms with van der Waals surface area (Å²) in [4.78, 5) is 29.2. The van der Waals surface area contributed by atoms with E-state index in [1.165, 1.54) is 18.2 Å². The van der Waals surface area contributed by atoms with Gasteiger partial charge in [-0.3, -0.25) is 9.59 Å². The summed E-state index contributed by atoms with van der Waals surface area (Å²) in [6.07, 6.45) is 1.98. The number of carbonyl (C=O) groups excluding carboxylic acids is 2. The van der Waals surface area contributed by atoms with E-state index in [0.717, 1.165) is 23.0 Å². The van der Waals surface area contributed by atoms with Crippen LogP contribution in [-0.4, -0.2) is 33.0 Å². The predicted molar refractivity (Wildman–Crippen MR) is 129 cm³/mol. The predicted octanol–water partition coefficient (Wildman–Crippen LogP) is 5.25. The molecule has 7 nitrogen and oxygen atoms in total. The van der Waals surface area contributed by atoms with E-state index in [1.54, 1.807) is 35.5 Å². The molecule has 0 fully saturated rings. The zero-order valence-electron chi connectivity index (χ0n) is 17.7. The van der Waals surface area contributed by atoms with Crippen LogP contribution in [0.5, 0.6) is 0 Å². The molecule has 0 spiro atoms. The average Bonchev–Trinajstić information content (AvgIpc) is 3.56. The molecule has 10 heteroatoms. The molecule has 2 atom stereocenters. The number of nitrogens with zero attached hydrogens (tertiary/aromatic N) is 3. The molecule has 0 saturated carbocycles. The monoisotopic (exact) mass is 496 g/mol. The van der Waals surface area contributed by atoms with Crippen LogP contribution in [0.2, 0.25) is 5.02 Å². The molecular weight excluding hydrogens is 479 g/mol. The van der Waals surface area contributed by atoms with Crippen molar-refractivity contribution in [1.82, 2.24) is 5.01 Å². The summed E-state index contributed by atoms with van der Waals surface area (Å²) < 4.78 is 19.5. The van der Waals surface area contributed by atoms with Gasteiger partial charge in [0, 0.05) is 17.9 Å². The lowest BCUT2D eigenvalue weighted by Gasteiger charge is -2.20. The lowest BCUT2D eigenvalue weighted by molar-refractivity contribution is -0.121. The Kier molecular flexibility index (Phi) is 6.21. The van der Waals surface area contributed by atoms with Gasteiger partial charge >= 0.3 is 0 Å². The molecule has 34 heavy (non-hydrogen) atoms. The van der Waals surface area contributed by atoms with Gasteiger partial charge in [-0.2, -0.15) is 10.1 Å². The number of benzene rings is 2. The van der Waals surface area contributed by atoms with Crippen molar-refractivity contribution in [2.45, 2.75) is 24.1 Å². The average molecular weight is 497 g/mol. The summed E-state index contributed by atoms with van der Waals surface area (Å²) in [6.45, 7) is 0. The Morgan fingerprint density at radius 2 is 1.97 bits per heavy atom. The summed E-state index contributed by atoms with van der Waals surface area (Å²) in [5.74, 6) is -0.761. The van der Waals surface area contributed by atoms with Gasteiger partial charge in [-0.05, 0) is 42.0 Å². The molecule has 2 aliphatic heterocycles. The zero-order chi connectivity index (χ0) is 23.7. The van der Waals surface area contributed by atoms with Crippen molar-refractivity contribution >= 4 is 51.7 Å². The van der Waals surface area contributed by atoms with Crippen LogP contribution in [0.3, 0.4) is 0 Å². The third-order valence-electron chi connectivity index (χ3n) is 5.40. The second-order valence-corrected chi connectivity index (χ2v) is 9.31. The van der Waals surface area contributed by atoms with E-state index in [0.29, 0.717) is 22.4 Å². The van der Waals surface area contributed by atoms with E-state index < -0.39 is 22.9 Å². The molecule has 1 N–H and O–H groups in total. The fraction of sp³-hybridized carbons (Fsp3) is 0.167. The van der Waals surface area contributed by atoms with Crippen molar-refractivity contribution in [3.8, 4) is 0 Å². The van der Waals surface area contributed by atoms with Gasteiger partial charge in [-0.15, -0.1) is 0 Å². The van der Waals surface area contributed by atoms with E-state index >= 15 is 0 Å². The second kappa shape index (κ2) is 9.44. The number of halogens is 2. The molecule has 0 radical (unpaired) electrons. The maximum absolute atomic E-state index is 13.8. The number of hydrogen-bond acceptors (Lipinski definition) is 6. The highest BCUT2D eigenvalue weighted by Crippen LogP contribution is 2.38. The lowest BCUT2D eigenvalue weighted by atomic mass is 10.0. The Morgan fingerprint density at radius 3 is 2.71 bits per heavy atom. The van der Waals surface area contributed by atoms with Gasteiger partial charge in [-0.1, -0.05) is 47.6 Å². The number of thioether (sulfide) groups is 1. The van der Waals surface area contributed by atoms with Crippen LogP contribution in [0.4, 0.5) is 10.1 Å². The number of para-hydroxylation sites is 1. The number of hydrogen-bond donors (Lipinski definition) is 1. The molecule has 3 aromatic rings. The van der Waals surface area contributed by atoms with Crippen LogP contribution in [-0.2, 0) is 9.59 Å². The maximum atomic E-state index is 13.8. The minimum Gasteiger partial charge on any atom is -0.467 e. The van der Waals surface area contributed by atoms with Crippen LogP contribution in [0.15, 0.2) is 81.4 Å². The molecule has 0 aliphatic carbocycles. The lowest BCUT2D eigenvalue weighted by Crippen LogP contribution is -2.25. The van der Waals surface area contributed by atoms with E-state index in [-0.39, 0.29) is 18.2 Å². The molecule has 0 bridgehead atoms. The first-order chi connectivity index (χ1) is 16.5. The smallest absolute Gasteiger partial charge is 0.262 e. The normalized spacial score (nSPS) is 19.8. The Balaban J connectivity index is 1.33. The number of amides is 2. The van der Waals surface area contributed by atoms with Crippen molar-refractivity contribution in [1.29, 1.82) is 0 Å². The number of anilines is 1. The molecular formula is C24H18ClFN4O3S. The van der Waals surface area contributed by atoms with Gasteiger partial charge in [0.15, 0.2) is 5.17 Å². The summed E-state index contributed by atoms with van der Waals surface area (Å²) in [5, 5.41) is 9.19. The van der Waals surface area contributed by atoms with E-state index in [1.807, 2.05) is 18.2 Å².